The van der Waals surface area contributed by atoms with Crippen molar-refractivity contribution < 1.29 is 18.7 Å². The lowest BCUT2D eigenvalue weighted by atomic mass is 10.1. The maximum absolute atomic E-state index is 12.9. The number of ether oxygens (including phenoxy) is 1. The third-order valence-electron chi connectivity index (χ3n) is 4.38. The number of nitrogens with one attached hydrogen (secondary N) is 1. The molecule has 0 spiro atoms. The highest BCUT2D eigenvalue weighted by molar-refractivity contribution is 6.14. The van der Waals surface area contributed by atoms with Gasteiger partial charge in [-0.25, -0.2) is 9.78 Å². The maximum atomic E-state index is 12.9. The molecular formula is C18H16N4O5. The molecule has 0 unspecified atom stereocenters. The fraction of sp³-hybridized carbons (Fsp3) is 0.222. The molecule has 3 heterocycles. The van der Waals surface area contributed by atoms with Crippen molar-refractivity contribution in [1.29, 1.82) is 0 Å². The van der Waals surface area contributed by atoms with E-state index in [9.17, 15) is 14.4 Å². The molecule has 1 saturated heterocycles. The summed E-state index contributed by atoms with van der Waals surface area (Å²) >= 11 is 0. The zero-order valence-corrected chi connectivity index (χ0v) is 14.7. The van der Waals surface area contributed by atoms with E-state index in [1.165, 1.54) is 15.8 Å². The van der Waals surface area contributed by atoms with Gasteiger partial charge in [-0.3, -0.25) is 14.5 Å². The summed E-state index contributed by atoms with van der Waals surface area (Å²) in [6.45, 7) is 2.28. The summed E-state index contributed by atoms with van der Waals surface area (Å²) in [6.07, 6.45) is 0.864. The van der Waals surface area contributed by atoms with Crippen LogP contribution in [0.5, 0.6) is 0 Å². The highest BCUT2D eigenvalue weighted by Crippen LogP contribution is 2.29. The Hall–Kier alpha value is -3.62. The predicted octanol–water partition coefficient (Wildman–Crippen LogP) is 2.04. The summed E-state index contributed by atoms with van der Waals surface area (Å²) in [5.41, 5.74) is 0.800. The monoisotopic (exact) mass is 368 g/mol. The molecule has 0 bridgehead atoms. The molecule has 27 heavy (non-hydrogen) atoms. The number of amides is 2. The molecule has 1 fully saturated rings. The number of benzene rings is 1. The molecule has 1 aliphatic heterocycles. The van der Waals surface area contributed by atoms with Gasteiger partial charge in [-0.2, -0.15) is 0 Å². The minimum Gasteiger partial charge on any atom is -0.447 e. The number of hydrogen-bond acceptors (Lipinski definition) is 6. The molecule has 0 aliphatic carbocycles. The van der Waals surface area contributed by atoms with Gasteiger partial charge in [0, 0.05) is 7.05 Å². The molecule has 138 valence electrons. The molecule has 1 N–H and O–H groups in total. The largest absolute Gasteiger partial charge is 0.447 e. The third-order valence-corrected chi connectivity index (χ3v) is 4.38. The molecule has 9 heteroatoms. The van der Waals surface area contributed by atoms with Gasteiger partial charge in [0.15, 0.2) is 0 Å². The minimum atomic E-state index is -0.517. The summed E-state index contributed by atoms with van der Waals surface area (Å²) < 4.78 is 11.7. The van der Waals surface area contributed by atoms with Gasteiger partial charge in [0.1, 0.15) is 24.1 Å². The number of furan rings is 1. The summed E-state index contributed by atoms with van der Waals surface area (Å²) in [4.78, 5) is 42.8. The molecule has 4 rings (SSSR count). The molecule has 0 saturated carbocycles. The number of nitrogens with zero attached hydrogens (tertiary/aromatic N) is 3. The lowest BCUT2D eigenvalue weighted by molar-refractivity contribution is 0.102. The Morgan fingerprint density at radius 3 is 2.78 bits per heavy atom. The van der Waals surface area contributed by atoms with Crippen molar-refractivity contribution in [3.8, 4) is 0 Å². The Morgan fingerprint density at radius 1 is 1.26 bits per heavy atom. The molecule has 0 atom stereocenters. The van der Waals surface area contributed by atoms with E-state index in [1.807, 2.05) is 0 Å². The summed E-state index contributed by atoms with van der Waals surface area (Å²) in [5.74, 6) is -0.229. The van der Waals surface area contributed by atoms with Crippen molar-refractivity contribution in [1.82, 2.24) is 9.55 Å². The van der Waals surface area contributed by atoms with Crippen molar-refractivity contribution in [2.75, 3.05) is 23.4 Å². The highest BCUT2D eigenvalue weighted by Gasteiger charge is 2.27. The van der Waals surface area contributed by atoms with Gasteiger partial charge >= 0.3 is 6.09 Å². The van der Waals surface area contributed by atoms with E-state index >= 15 is 0 Å². The van der Waals surface area contributed by atoms with E-state index < -0.39 is 12.0 Å². The van der Waals surface area contributed by atoms with Gasteiger partial charge in [0.25, 0.3) is 11.5 Å². The Balaban J connectivity index is 1.76. The van der Waals surface area contributed by atoms with Crippen LogP contribution in [-0.2, 0) is 11.8 Å². The zero-order valence-electron chi connectivity index (χ0n) is 14.7. The molecule has 3 aromatic rings. The van der Waals surface area contributed by atoms with E-state index in [1.54, 1.807) is 38.2 Å². The number of cyclic esters (lactones) is 1. The van der Waals surface area contributed by atoms with Gasteiger partial charge in [0.2, 0.25) is 5.71 Å². The lowest BCUT2D eigenvalue weighted by Crippen LogP contribution is -2.26. The van der Waals surface area contributed by atoms with Crippen LogP contribution in [0.2, 0.25) is 0 Å². The predicted molar refractivity (Wildman–Crippen MR) is 97.1 cm³/mol. The average Bonchev–Trinajstić information content (AvgIpc) is 3.21. The lowest BCUT2D eigenvalue weighted by Gasteiger charge is -2.17. The van der Waals surface area contributed by atoms with Crippen LogP contribution >= 0.6 is 0 Å². The number of hydrogen-bond donors (Lipinski definition) is 1. The molecule has 1 aromatic carbocycles. The Morgan fingerprint density at radius 2 is 2.04 bits per heavy atom. The van der Waals surface area contributed by atoms with Crippen LogP contribution in [0.15, 0.2) is 39.8 Å². The Bertz CT molecular complexity index is 1130. The van der Waals surface area contributed by atoms with Crippen LogP contribution in [0.25, 0.3) is 11.1 Å². The minimum absolute atomic E-state index is 0.108. The van der Waals surface area contributed by atoms with Crippen LogP contribution in [0.1, 0.15) is 16.1 Å². The maximum Gasteiger partial charge on any atom is 0.414 e. The van der Waals surface area contributed by atoms with Gasteiger partial charge in [-0.1, -0.05) is 12.1 Å². The molecule has 2 amide bonds. The summed E-state index contributed by atoms with van der Waals surface area (Å²) in [6, 6.07) is 6.88. The average molecular weight is 368 g/mol. The van der Waals surface area contributed by atoms with E-state index in [2.05, 4.69) is 10.3 Å². The molecule has 2 aromatic heterocycles. The second kappa shape index (κ2) is 6.27. The third kappa shape index (κ3) is 2.73. The first-order chi connectivity index (χ1) is 13.0. The summed E-state index contributed by atoms with van der Waals surface area (Å²) in [7, 11) is 1.55. The van der Waals surface area contributed by atoms with Crippen LogP contribution in [0.4, 0.5) is 16.2 Å². The topological polar surface area (TPSA) is 107 Å². The van der Waals surface area contributed by atoms with Crippen molar-refractivity contribution in [2.45, 2.75) is 6.92 Å². The smallest absolute Gasteiger partial charge is 0.414 e. The van der Waals surface area contributed by atoms with Crippen molar-refractivity contribution in [2.24, 2.45) is 7.05 Å². The van der Waals surface area contributed by atoms with E-state index in [4.69, 9.17) is 9.15 Å². The van der Waals surface area contributed by atoms with Crippen molar-refractivity contribution in [3.63, 3.8) is 0 Å². The fourth-order valence-electron chi connectivity index (χ4n) is 3.07. The number of carbonyl (C=O) groups is 2. The second-order valence-electron chi connectivity index (χ2n) is 6.11. The number of aromatic nitrogens is 2. The standard InChI is InChI=1S/C18H16N4O5/c1-10-13(14-16(27-10)19-9-21(2)17(14)24)15(23)20-11-5-3-4-6-12(11)22-7-8-26-18(22)25/h3-6,9H,7-8H2,1-2H3,(H,20,23). The molecule has 1 aliphatic rings. The van der Waals surface area contributed by atoms with Crippen molar-refractivity contribution in [3.05, 3.63) is 52.3 Å². The number of aryl methyl sites for hydroxylation is 2. The zero-order chi connectivity index (χ0) is 19.1. The van der Waals surface area contributed by atoms with Crippen LogP contribution < -0.4 is 15.8 Å². The highest BCUT2D eigenvalue weighted by atomic mass is 16.6. The van der Waals surface area contributed by atoms with Crippen LogP contribution in [-0.4, -0.2) is 34.7 Å². The number of anilines is 2. The Kier molecular flexibility index (Phi) is 3.91. The first-order valence-corrected chi connectivity index (χ1v) is 8.27. The Labute approximate surface area is 153 Å². The number of para-hydroxylation sites is 2. The van der Waals surface area contributed by atoms with Crippen LogP contribution in [0.3, 0.4) is 0 Å². The van der Waals surface area contributed by atoms with Crippen molar-refractivity contribution >= 4 is 34.5 Å². The normalized spacial score (nSPS) is 13.9. The van der Waals surface area contributed by atoms with Crippen LogP contribution in [0, 0.1) is 6.92 Å². The molecular weight excluding hydrogens is 352 g/mol. The fourth-order valence-corrected chi connectivity index (χ4v) is 3.07. The SMILES string of the molecule is Cc1oc2ncn(C)c(=O)c2c1C(=O)Nc1ccccc1N1CCOC1=O. The first-order valence-electron chi connectivity index (χ1n) is 8.27. The molecule has 9 nitrogen and oxygen atoms in total. The van der Waals surface area contributed by atoms with Gasteiger partial charge in [-0.05, 0) is 19.1 Å². The van der Waals surface area contributed by atoms with Gasteiger partial charge in [0.05, 0.1) is 23.5 Å². The quantitative estimate of drug-likeness (QED) is 0.758. The van der Waals surface area contributed by atoms with Gasteiger partial charge in [-0.15, -0.1) is 0 Å². The van der Waals surface area contributed by atoms with E-state index in [-0.39, 0.29) is 34.6 Å². The number of carbonyl (C=O) groups excluding carboxylic acids is 2. The number of rotatable bonds is 3. The second-order valence-corrected chi connectivity index (χ2v) is 6.11. The van der Waals surface area contributed by atoms with Gasteiger partial charge < -0.3 is 19.0 Å². The van der Waals surface area contributed by atoms with E-state index in [0.717, 1.165) is 0 Å². The summed E-state index contributed by atoms with van der Waals surface area (Å²) in [5, 5.41) is 2.88. The molecule has 0 radical (unpaired) electrons. The first kappa shape index (κ1) is 16.8. The van der Waals surface area contributed by atoms with E-state index in [0.29, 0.717) is 17.9 Å². The number of fused-ring (bicyclic) bond motifs is 1.